The van der Waals surface area contributed by atoms with Crippen molar-refractivity contribution in [3.8, 4) is 0 Å². The number of ether oxygens (including phenoxy) is 3. The first-order valence-electron chi connectivity index (χ1n) is 17.4. The van der Waals surface area contributed by atoms with Crippen LogP contribution in [0.25, 0.3) is 0 Å². The van der Waals surface area contributed by atoms with Crippen molar-refractivity contribution in [3.63, 3.8) is 0 Å². The normalized spacial score (nSPS) is 29.7. The molecule has 3 saturated heterocycles. The number of phosphoric acid groups is 2. The number of aliphatic hydroxyl groups excluding tert-OH is 1. The molecule has 3 aromatic rings. The van der Waals surface area contributed by atoms with E-state index in [0.29, 0.717) is 0 Å². The average Bonchev–Trinajstić information content (AvgIpc) is 3.83. The molecule has 0 spiro atoms. The van der Waals surface area contributed by atoms with Gasteiger partial charge in [0.2, 0.25) is 0 Å². The SMILES string of the molecule is Cc1cn([C@H]2C[C@H](OP(=O)(O)OC[C@H]3O[C@@H](n4cc(C)c(=O)[nH]c4=O)C[C@@H]3OP(=O)(O)OC[C@H]3O[C@@H](n4cc(C)c(=O)[nH]c4=O)C[C@@H]3O)[C@@H](CN)O2)c(=O)[nH]c1=O. The van der Waals surface area contributed by atoms with Crippen LogP contribution in [0.5, 0.6) is 0 Å². The lowest BCUT2D eigenvalue weighted by atomic mass is 10.2. The number of nitrogens with one attached hydrogen (secondary N) is 3. The first-order chi connectivity index (χ1) is 26.7. The van der Waals surface area contributed by atoms with Crippen LogP contribution < -0.4 is 39.5 Å². The van der Waals surface area contributed by atoms with Crippen LogP contribution in [0.15, 0.2) is 47.4 Å². The average molecular weight is 850 g/mol. The Kier molecular flexibility index (Phi) is 12.5. The second kappa shape index (κ2) is 16.7. The van der Waals surface area contributed by atoms with Crippen molar-refractivity contribution in [1.29, 1.82) is 0 Å². The van der Waals surface area contributed by atoms with E-state index in [-0.39, 0.29) is 42.5 Å². The number of nitrogens with two attached hydrogens (primary N) is 1. The van der Waals surface area contributed by atoms with Crippen molar-refractivity contribution in [1.82, 2.24) is 28.7 Å². The molecule has 3 fully saturated rings. The summed E-state index contributed by atoms with van der Waals surface area (Å²) in [6.07, 6.45) is -8.07. The molecule has 2 unspecified atom stereocenters. The van der Waals surface area contributed by atoms with Crippen LogP contribution in [0.1, 0.15) is 54.6 Å². The molecule has 3 aromatic heterocycles. The highest BCUT2D eigenvalue weighted by Gasteiger charge is 2.46. The maximum Gasteiger partial charge on any atom is 0.472 e. The van der Waals surface area contributed by atoms with Gasteiger partial charge in [-0.2, -0.15) is 0 Å². The fraction of sp³-hybridized carbons (Fsp3) is 0.600. The Bertz CT molecular complexity index is 2440. The van der Waals surface area contributed by atoms with E-state index in [1.807, 2.05) is 0 Å². The predicted molar refractivity (Wildman–Crippen MR) is 190 cm³/mol. The molecular weight excluding hydrogens is 808 g/mol. The molecule has 0 aromatic carbocycles. The summed E-state index contributed by atoms with van der Waals surface area (Å²) in [5.41, 5.74) is 1.87. The van der Waals surface area contributed by atoms with E-state index in [0.717, 1.165) is 13.7 Å². The highest BCUT2D eigenvalue weighted by atomic mass is 31.2. The van der Waals surface area contributed by atoms with E-state index in [9.17, 15) is 52.8 Å². The molecule has 3 aliphatic heterocycles. The minimum atomic E-state index is -5.10. The second-order valence-corrected chi connectivity index (χ2v) is 16.5. The molecule has 0 saturated carbocycles. The van der Waals surface area contributed by atoms with Crippen LogP contribution in [0.4, 0.5) is 0 Å². The predicted octanol–water partition coefficient (Wildman–Crippen LogP) is -2.25. The summed E-state index contributed by atoms with van der Waals surface area (Å²) >= 11 is 0. The van der Waals surface area contributed by atoms with Gasteiger partial charge >= 0.3 is 32.7 Å². The molecule has 8 N–H and O–H groups in total. The summed E-state index contributed by atoms with van der Waals surface area (Å²) in [7, 11) is -10.1. The number of aromatic amines is 3. The number of hydrogen-bond acceptors (Lipinski definition) is 17. The van der Waals surface area contributed by atoms with Crippen molar-refractivity contribution in [3.05, 3.63) is 97.8 Å². The smallest absolute Gasteiger partial charge is 0.390 e. The zero-order valence-electron chi connectivity index (χ0n) is 30.4. The number of nitrogens with zero attached hydrogens (tertiary/aromatic N) is 3. The van der Waals surface area contributed by atoms with E-state index in [4.69, 9.17) is 38.0 Å². The van der Waals surface area contributed by atoms with Crippen molar-refractivity contribution < 1.29 is 56.3 Å². The summed E-state index contributed by atoms with van der Waals surface area (Å²) in [5.74, 6) is 0. The van der Waals surface area contributed by atoms with Crippen molar-refractivity contribution in [2.24, 2.45) is 5.73 Å². The van der Waals surface area contributed by atoms with Crippen molar-refractivity contribution in [2.45, 2.75) is 95.3 Å². The van der Waals surface area contributed by atoms with Crippen LogP contribution in [-0.4, -0.2) is 99.9 Å². The highest BCUT2D eigenvalue weighted by Crippen LogP contribution is 2.51. The molecule has 0 aliphatic carbocycles. The van der Waals surface area contributed by atoms with Crippen LogP contribution in [0.3, 0.4) is 0 Å². The quantitative estimate of drug-likeness (QED) is 0.0842. The summed E-state index contributed by atoms with van der Waals surface area (Å²) in [6.45, 7) is 2.55. The first-order valence-corrected chi connectivity index (χ1v) is 20.4. The van der Waals surface area contributed by atoms with Gasteiger partial charge in [-0.05, 0) is 20.8 Å². The molecule has 25 nitrogen and oxygen atoms in total. The van der Waals surface area contributed by atoms with Crippen LogP contribution in [0, 0.1) is 20.8 Å². The second-order valence-electron chi connectivity index (χ2n) is 13.7. The van der Waals surface area contributed by atoms with E-state index in [1.165, 1.54) is 39.4 Å². The molecule has 3 aliphatic rings. The van der Waals surface area contributed by atoms with Gasteiger partial charge in [-0.1, -0.05) is 0 Å². The fourth-order valence-electron chi connectivity index (χ4n) is 6.50. The Morgan fingerprint density at radius 1 is 0.649 bits per heavy atom. The zero-order valence-corrected chi connectivity index (χ0v) is 32.2. The fourth-order valence-corrected chi connectivity index (χ4v) is 8.42. The molecule has 6 rings (SSSR count). The summed E-state index contributed by atoms with van der Waals surface area (Å²) in [6, 6.07) is 0. The molecule has 0 amide bonds. The molecule has 11 atom stereocenters. The largest absolute Gasteiger partial charge is 0.472 e. The minimum absolute atomic E-state index is 0.110. The Morgan fingerprint density at radius 2 is 1.00 bits per heavy atom. The van der Waals surface area contributed by atoms with Crippen LogP contribution in [0.2, 0.25) is 0 Å². The van der Waals surface area contributed by atoms with Gasteiger partial charge in [0.25, 0.3) is 16.7 Å². The Hall–Kier alpha value is -3.94. The van der Waals surface area contributed by atoms with Crippen LogP contribution >= 0.6 is 15.6 Å². The van der Waals surface area contributed by atoms with Crippen LogP contribution in [-0.2, 0) is 41.4 Å². The lowest BCUT2D eigenvalue weighted by Crippen LogP contribution is -2.34. The van der Waals surface area contributed by atoms with E-state index in [2.05, 4.69) is 15.0 Å². The maximum atomic E-state index is 13.3. The molecule has 0 radical (unpaired) electrons. The topological polar surface area (TPSA) is 350 Å². The number of H-pyrrole nitrogens is 3. The van der Waals surface area contributed by atoms with Crippen molar-refractivity contribution in [2.75, 3.05) is 19.8 Å². The number of aromatic nitrogens is 6. The van der Waals surface area contributed by atoms with Gasteiger partial charge in [-0.15, -0.1) is 0 Å². The Balaban J connectivity index is 1.14. The number of hydrogen-bond donors (Lipinski definition) is 7. The first kappa shape index (κ1) is 42.7. The summed E-state index contributed by atoms with van der Waals surface area (Å²) in [4.78, 5) is 101. The van der Waals surface area contributed by atoms with E-state index >= 15 is 0 Å². The number of aryl methyl sites for hydroxylation is 3. The maximum absolute atomic E-state index is 13.3. The number of phosphoric ester groups is 2. The third-order valence-corrected chi connectivity index (χ3v) is 11.5. The lowest BCUT2D eigenvalue weighted by Gasteiger charge is -2.24. The van der Waals surface area contributed by atoms with Gasteiger partial charge in [0, 0.05) is 61.1 Å². The third kappa shape index (κ3) is 9.69. The lowest BCUT2D eigenvalue weighted by molar-refractivity contribution is -0.0593. The zero-order chi connectivity index (χ0) is 41.6. The monoisotopic (exact) mass is 849 g/mol. The van der Waals surface area contributed by atoms with Gasteiger partial charge in [-0.25, -0.2) is 23.5 Å². The van der Waals surface area contributed by atoms with Gasteiger partial charge in [0.05, 0.1) is 25.4 Å². The van der Waals surface area contributed by atoms with E-state index < -0.39 is 118 Å². The molecule has 57 heavy (non-hydrogen) atoms. The van der Waals surface area contributed by atoms with E-state index in [1.54, 1.807) is 0 Å². The molecule has 27 heteroatoms. The number of rotatable bonds is 14. The van der Waals surface area contributed by atoms with Gasteiger partial charge in [0.15, 0.2) is 0 Å². The third-order valence-electron chi connectivity index (χ3n) is 9.51. The van der Waals surface area contributed by atoms with Gasteiger partial charge in [0.1, 0.15) is 43.1 Å². The highest BCUT2D eigenvalue weighted by molar-refractivity contribution is 7.47. The molecule has 314 valence electrons. The minimum Gasteiger partial charge on any atom is -0.390 e. The summed E-state index contributed by atoms with van der Waals surface area (Å²) < 4.78 is 68.0. The standard InChI is InChI=1S/C30H41N7O18P2/c1-13-8-35(28(42)32-25(13)39)22-4-16(38)20(52-22)11-49-56(45,46)55-18-6-24(37-10-15(3)27(41)34-30(37)44)53-21(18)12-50-57(47,48)54-17-5-23(51-19(17)7-31)36-9-14(2)26(40)33-29(36)43/h8-10,16-24,38H,4-7,11-12,31H2,1-3H3,(H,45,46)(H,47,48)(H,32,39,42)(H,33,40,43)(H,34,41,44)/t16-,17-,18-,19+,20+,21+,22+,23+,24+/m0/s1. The molecule has 0 bridgehead atoms. The Labute approximate surface area is 319 Å². The Morgan fingerprint density at radius 3 is 1.42 bits per heavy atom. The van der Waals surface area contributed by atoms with Crippen molar-refractivity contribution >= 4 is 15.6 Å². The number of aliphatic hydroxyl groups is 1. The molecule has 6 heterocycles. The van der Waals surface area contributed by atoms with Gasteiger partial charge < -0.3 is 34.8 Å². The summed E-state index contributed by atoms with van der Waals surface area (Å²) in [5, 5.41) is 10.6. The van der Waals surface area contributed by atoms with Gasteiger partial charge in [-0.3, -0.25) is 61.1 Å². The molecular formula is C30H41N7O18P2.